The fourth-order valence-corrected chi connectivity index (χ4v) is 1.74. The van der Waals surface area contributed by atoms with Crippen LogP contribution in [0.5, 0.6) is 0 Å². The number of carboxylic acid groups (broad SMARTS) is 1. The van der Waals surface area contributed by atoms with E-state index in [1.165, 1.54) is 0 Å². The predicted octanol–water partition coefficient (Wildman–Crippen LogP) is -0.231. The van der Waals surface area contributed by atoms with Crippen LogP contribution in [0.1, 0.15) is 26.2 Å². The summed E-state index contributed by atoms with van der Waals surface area (Å²) in [5.74, 6) is -0.863. The van der Waals surface area contributed by atoms with Crippen LogP contribution in [-0.4, -0.2) is 44.9 Å². The summed E-state index contributed by atoms with van der Waals surface area (Å²) in [6, 6.07) is -0.539. The van der Waals surface area contributed by atoms with Gasteiger partial charge in [-0.05, 0) is 19.4 Å². The third-order valence-corrected chi connectivity index (χ3v) is 2.71. The molecule has 0 aliphatic heterocycles. The minimum absolute atomic E-state index is 0.324. The van der Waals surface area contributed by atoms with E-state index >= 15 is 0 Å². The summed E-state index contributed by atoms with van der Waals surface area (Å²) in [7, 11) is -3.15. The van der Waals surface area contributed by atoms with Crippen LogP contribution < -0.4 is 10.0 Å². The Morgan fingerprint density at radius 1 is 1.38 bits per heavy atom. The maximum Gasteiger partial charge on any atom is 0.320 e. The molecular formula is C9H20N2O4S. The van der Waals surface area contributed by atoms with Crippen LogP contribution in [0.15, 0.2) is 0 Å². The molecule has 16 heavy (non-hydrogen) atoms. The molecule has 0 aromatic carbocycles. The lowest BCUT2D eigenvalue weighted by molar-refractivity contribution is -0.139. The third kappa shape index (κ3) is 8.63. The van der Waals surface area contributed by atoms with Crippen molar-refractivity contribution >= 4 is 16.0 Å². The minimum atomic E-state index is -3.15. The summed E-state index contributed by atoms with van der Waals surface area (Å²) < 4.78 is 23.8. The molecule has 96 valence electrons. The molecule has 0 saturated heterocycles. The molecule has 0 heterocycles. The first kappa shape index (κ1) is 15.3. The molecule has 0 radical (unpaired) electrons. The Bertz CT molecular complexity index is 303. The summed E-state index contributed by atoms with van der Waals surface area (Å²) in [5, 5.41) is 11.7. The number of hydrogen-bond acceptors (Lipinski definition) is 4. The molecule has 0 aliphatic carbocycles. The van der Waals surface area contributed by atoms with Crippen molar-refractivity contribution < 1.29 is 18.3 Å². The van der Waals surface area contributed by atoms with E-state index in [1.54, 1.807) is 0 Å². The second kappa shape index (κ2) is 7.59. The molecule has 0 aromatic rings. The maximum atomic E-state index is 10.7. The largest absolute Gasteiger partial charge is 0.480 e. The molecule has 0 bridgehead atoms. The molecule has 0 spiro atoms. The van der Waals surface area contributed by atoms with Crippen LogP contribution in [0.3, 0.4) is 0 Å². The van der Waals surface area contributed by atoms with Gasteiger partial charge in [-0.1, -0.05) is 13.3 Å². The Hall–Kier alpha value is -0.660. The molecular weight excluding hydrogens is 232 g/mol. The molecule has 1 unspecified atom stereocenters. The lowest BCUT2D eigenvalue weighted by Gasteiger charge is -2.13. The summed E-state index contributed by atoms with van der Waals surface area (Å²) in [6.07, 6.45) is 3.04. The van der Waals surface area contributed by atoms with E-state index in [4.69, 9.17) is 5.11 Å². The summed E-state index contributed by atoms with van der Waals surface area (Å²) in [4.78, 5) is 10.7. The molecule has 0 saturated carbocycles. The second-order valence-corrected chi connectivity index (χ2v) is 5.49. The Morgan fingerprint density at radius 3 is 2.44 bits per heavy atom. The van der Waals surface area contributed by atoms with Gasteiger partial charge in [0.05, 0.1) is 6.26 Å². The smallest absolute Gasteiger partial charge is 0.320 e. The van der Waals surface area contributed by atoms with Gasteiger partial charge in [-0.3, -0.25) is 4.79 Å². The monoisotopic (exact) mass is 252 g/mol. The van der Waals surface area contributed by atoms with Crippen molar-refractivity contribution in [3.8, 4) is 0 Å². The van der Waals surface area contributed by atoms with E-state index in [2.05, 4.69) is 10.0 Å². The molecule has 0 amide bonds. The number of rotatable bonds is 9. The van der Waals surface area contributed by atoms with E-state index in [9.17, 15) is 13.2 Å². The van der Waals surface area contributed by atoms with E-state index in [0.717, 1.165) is 12.7 Å². The van der Waals surface area contributed by atoms with Crippen LogP contribution in [0.2, 0.25) is 0 Å². The van der Waals surface area contributed by atoms with Gasteiger partial charge < -0.3 is 10.4 Å². The topological polar surface area (TPSA) is 95.5 Å². The van der Waals surface area contributed by atoms with Gasteiger partial charge in [0.15, 0.2) is 0 Å². The highest BCUT2D eigenvalue weighted by atomic mass is 32.2. The summed E-state index contributed by atoms with van der Waals surface area (Å²) >= 11 is 0. The van der Waals surface area contributed by atoms with E-state index < -0.39 is 22.0 Å². The molecule has 6 nitrogen and oxygen atoms in total. The van der Waals surface area contributed by atoms with Crippen LogP contribution >= 0.6 is 0 Å². The van der Waals surface area contributed by atoms with Gasteiger partial charge in [-0.25, -0.2) is 13.1 Å². The highest BCUT2D eigenvalue weighted by molar-refractivity contribution is 7.88. The zero-order valence-corrected chi connectivity index (χ0v) is 10.5. The molecule has 0 fully saturated rings. The average Bonchev–Trinajstić information content (AvgIpc) is 2.13. The van der Waals surface area contributed by atoms with Gasteiger partial charge in [0, 0.05) is 6.54 Å². The zero-order chi connectivity index (χ0) is 12.6. The van der Waals surface area contributed by atoms with Gasteiger partial charge in [0.25, 0.3) is 0 Å². The molecule has 7 heteroatoms. The molecule has 1 atom stereocenters. The Kier molecular flexibility index (Phi) is 7.27. The summed E-state index contributed by atoms with van der Waals surface area (Å²) in [6.45, 7) is 2.73. The predicted molar refractivity (Wildman–Crippen MR) is 61.8 cm³/mol. The first-order valence-electron chi connectivity index (χ1n) is 5.27. The quantitative estimate of drug-likeness (QED) is 0.493. The van der Waals surface area contributed by atoms with Crippen molar-refractivity contribution in [3.63, 3.8) is 0 Å². The minimum Gasteiger partial charge on any atom is -0.480 e. The average molecular weight is 252 g/mol. The standard InChI is InChI=1S/C9H20N2O4S/c1-3-5-8(9(12)13)10-6-4-7-11-16(2,14)15/h8,10-11H,3-7H2,1-2H3,(H,12,13). The first-order chi connectivity index (χ1) is 7.37. The van der Waals surface area contributed by atoms with E-state index in [1.807, 2.05) is 6.92 Å². The lowest BCUT2D eigenvalue weighted by Crippen LogP contribution is -2.38. The first-order valence-corrected chi connectivity index (χ1v) is 7.16. The van der Waals surface area contributed by atoms with Crippen molar-refractivity contribution in [2.24, 2.45) is 0 Å². The van der Waals surface area contributed by atoms with Crippen LogP contribution in [0, 0.1) is 0 Å². The fourth-order valence-electron chi connectivity index (χ4n) is 1.22. The van der Waals surface area contributed by atoms with E-state index in [-0.39, 0.29) is 0 Å². The Morgan fingerprint density at radius 2 is 2.00 bits per heavy atom. The number of carbonyl (C=O) groups is 1. The molecule has 0 rings (SSSR count). The van der Waals surface area contributed by atoms with Crippen LogP contribution in [0.25, 0.3) is 0 Å². The van der Waals surface area contributed by atoms with Crippen molar-refractivity contribution in [2.45, 2.75) is 32.2 Å². The van der Waals surface area contributed by atoms with Crippen molar-refractivity contribution in [1.82, 2.24) is 10.0 Å². The van der Waals surface area contributed by atoms with Crippen LogP contribution in [-0.2, 0) is 14.8 Å². The number of aliphatic carboxylic acids is 1. The lowest BCUT2D eigenvalue weighted by atomic mass is 10.1. The molecule has 0 aromatic heterocycles. The summed E-state index contributed by atoms with van der Waals surface area (Å²) in [5.41, 5.74) is 0. The molecule has 3 N–H and O–H groups in total. The maximum absolute atomic E-state index is 10.7. The SMILES string of the molecule is CCCC(NCCCNS(C)(=O)=O)C(=O)O. The Balaban J connectivity index is 3.67. The van der Waals surface area contributed by atoms with Gasteiger partial charge in [0.2, 0.25) is 10.0 Å². The van der Waals surface area contributed by atoms with Crippen molar-refractivity contribution in [2.75, 3.05) is 19.3 Å². The van der Waals surface area contributed by atoms with Gasteiger partial charge in [-0.15, -0.1) is 0 Å². The molecule has 0 aliphatic rings. The van der Waals surface area contributed by atoms with Gasteiger partial charge in [-0.2, -0.15) is 0 Å². The number of hydrogen-bond donors (Lipinski definition) is 3. The van der Waals surface area contributed by atoms with Crippen molar-refractivity contribution in [3.05, 3.63) is 0 Å². The normalized spacial score (nSPS) is 13.6. The zero-order valence-electron chi connectivity index (χ0n) is 9.69. The van der Waals surface area contributed by atoms with Gasteiger partial charge >= 0.3 is 5.97 Å². The van der Waals surface area contributed by atoms with Crippen LogP contribution in [0.4, 0.5) is 0 Å². The second-order valence-electron chi connectivity index (χ2n) is 3.65. The number of nitrogens with one attached hydrogen (secondary N) is 2. The number of carboxylic acids is 1. The Labute approximate surface area is 96.5 Å². The number of sulfonamides is 1. The van der Waals surface area contributed by atoms with E-state index in [0.29, 0.717) is 25.9 Å². The van der Waals surface area contributed by atoms with Crippen molar-refractivity contribution in [1.29, 1.82) is 0 Å². The fraction of sp³-hybridized carbons (Fsp3) is 0.889. The highest BCUT2D eigenvalue weighted by Gasteiger charge is 2.14. The third-order valence-electron chi connectivity index (χ3n) is 1.98. The van der Waals surface area contributed by atoms with Gasteiger partial charge in [0.1, 0.15) is 6.04 Å². The highest BCUT2D eigenvalue weighted by Crippen LogP contribution is 1.96.